The molecule has 4 N–H and O–H groups in total. The molecule has 7 heteroatoms. The normalized spacial score (nSPS) is 10.8. The van der Waals surface area contributed by atoms with Gasteiger partial charge in [-0.05, 0) is 42.0 Å². The summed E-state index contributed by atoms with van der Waals surface area (Å²) in [7, 11) is 0. The molecule has 0 aliphatic carbocycles. The Balaban J connectivity index is 1.88. The summed E-state index contributed by atoms with van der Waals surface area (Å²) in [6, 6.07) is 19.5. The summed E-state index contributed by atoms with van der Waals surface area (Å²) >= 11 is 3.60. The zero-order valence-electron chi connectivity index (χ0n) is 13.7. The summed E-state index contributed by atoms with van der Waals surface area (Å²) in [6.07, 6.45) is 1.75. The van der Waals surface area contributed by atoms with Crippen molar-refractivity contribution in [2.24, 2.45) is 0 Å². The molecule has 128 valence electrons. The molecule has 0 amide bonds. The maximum Gasteiger partial charge on any atom is 0.222 e. The summed E-state index contributed by atoms with van der Waals surface area (Å²) in [5.41, 5.74) is 15.3. The number of rotatable bonds is 3. The van der Waals surface area contributed by atoms with Crippen molar-refractivity contribution < 1.29 is 0 Å². The number of halogens is 1. The molecule has 0 saturated carbocycles. The molecule has 0 saturated heterocycles. The third-order valence-corrected chi connectivity index (χ3v) is 4.73. The third kappa shape index (κ3) is 3.04. The number of nitrogens with two attached hydrogens (primary N) is 2. The predicted octanol–water partition coefficient (Wildman–Crippen LogP) is 4.30. The number of para-hydroxylation sites is 1. The van der Waals surface area contributed by atoms with Gasteiger partial charge in [0.05, 0.1) is 27.4 Å². The molecule has 0 unspecified atom stereocenters. The van der Waals surface area contributed by atoms with Crippen molar-refractivity contribution in [1.82, 2.24) is 15.0 Å². The molecule has 0 aliphatic heterocycles. The number of aromatic nitrogens is 3. The largest absolute Gasteiger partial charge is 0.384 e. The molecule has 4 rings (SSSR count). The summed E-state index contributed by atoms with van der Waals surface area (Å²) in [6.45, 7) is 0. The van der Waals surface area contributed by atoms with Crippen LogP contribution in [0.15, 0.2) is 66.9 Å². The lowest BCUT2D eigenvalue weighted by atomic mass is 10.1. The van der Waals surface area contributed by atoms with Crippen molar-refractivity contribution in [3.05, 3.63) is 66.9 Å². The topological polar surface area (TPSA) is 93.9 Å². The van der Waals surface area contributed by atoms with Gasteiger partial charge < -0.3 is 11.5 Å². The minimum atomic E-state index is 0.217. The van der Waals surface area contributed by atoms with E-state index in [2.05, 4.69) is 31.1 Å². The van der Waals surface area contributed by atoms with Crippen LogP contribution in [0, 0.1) is 0 Å². The van der Waals surface area contributed by atoms with E-state index >= 15 is 0 Å². The van der Waals surface area contributed by atoms with Crippen molar-refractivity contribution >= 4 is 50.3 Å². The first-order valence-electron chi connectivity index (χ1n) is 7.92. The van der Waals surface area contributed by atoms with Crippen LogP contribution < -0.4 is 15.4 Å². The molecule has 0 aliphatic rings. The fourth-order valence-corrected chi connectivity index (χ4v) is 3.22. The SMILES string of the molecule is Nc1ccc(-c2ccc3nc(N)nc(N(Br)c4ccccc4)c3c2)cn1. The molecular formula is C19H15BrN6. The maximum absolute atomic E-state index is 5.91. The van der Waals surface area contributed by atoms with Crippen LogP contribution in [0.4, 0.5) is 23.3 Å². The van der Waals surface area contributed by atoms with Crippen molar-refractivity contribution in [2.45, 2.75) is 0 Å². The molecule has 0 fully saturated rings. The van der Waals surface area contributed by atoms with E-state index in [1.807, 2.05) is 58.5 Å². The van der Waals surface area contributed by atoms with Gasteiger partial charge in [-0.3, -0.25) is 3.93 Å². The fraction of sp³-hybridized carbons (Fsp3) is 0. The average Bonchev–Trinajstić information content (AvgIpc) is 2.68. The Morgan fingerprint density at radius 2 is 1.62 bits per heavy atom. The van der Waals surface area contributed by atoms with Crippen LogP contribution in [0.1, 0.15) is 0 Å². The van der Waals surface area contributed by atoms with Crippen LogP contribution in [0.25, 0.3) is 22.0 Å². The van der Waals surface area contributed by atoms with E-state index in [0.717, 1.165) is 27.7 Å². The number of hydrogen-bond acceptors (Lipinski definition) is 6. The van der Waals surface area contributed by atoms with Crippen LogP contribution in [0.5, 0.6) is 0 Å². The van der Waals surface area contributed by atoms with Gasteiger partial charge in [0.2, 0.25) is 5.95 Å². The Kier molecular flexibility index (Phi) is 4.14. The van der Waals surface area contributed by atoms with Crippen molar-refractivity contribution in [3.8, 4) is 11.1 Å². The van der Waals surface area contributed by atoms with Gasteiger partial charge >= 0.3 is 0 Å². The minimum absolute atomic E-state index is 0.217. The second kappa shape index (κ2) is 6.61. The highest BCUT2D eigenvalue weighted by Crippen LogP contribution is 2.35. The molecule has 0 radical (unpaired) electrons. The van der Waals surface area contributed by atoms with E-state index in [9.17, 15) is 0 Å². The van der Waals surface area contributed by atoms with E-state index in [1.54, 1.807) is 12.3 Å². The quantitative estimate of drug-likeness (QED) is 0.492. The molecule has 0 spiro atoms. The average molecular weight is 407 g/mol. The van der Waals surface area contributed by atoms with E-state index < -0.39 is 0 Å². The van der Waals surface area contributed by atoms with Gasteiger partial charge in [0.1, 0.15) is 5.82 Å². The number of hydrogen-bond donors (Lipinski definition) is 2. The van der Waals surface area contributed by atoms with Crippen molar-refractivity contribution in [2.75, 3.05) is 15.4 Å². The molecule has 6 nitrogen and oxygen atoms in total. The molecule has 2 aromatic heterocycles. The smallest absolute Gasteiger partial charge is 0.222 e. The molecule has 0 bridgehead atoms. The van der Waals surface area contributed by atoms with Crippen LogP contribution in [-0.4, -0.2) is 15.0 Å². The zero-order chi connectivity index (χ0) is 18.1. The van der Waals surface area contributed by atoms with E-state index in [1.165, 1.54) is 0 Å². The lowest BCUT2D eigenvalue weighted by Gasteiger charge is -2.18. The molecule has 4 aromatic rings. The van der Waals surface area contributed by atoms with E-state index in [-0.39, 0.29) is 5.95 Å². The first-order valence-corrected chi connectivity index (χ1v) is 8.63. The summed E-state index contributed by atoms with van der Waals surface area (Å²) < 4.78 is 1.82. The Labute approximate surface area is 158 Å². The lowest BCUT2D eigenvalue weighted by molar-refractivity contribution is 1.21. The number of benzene rings is 2. The Bertz CT molecular complexity index is 1070. The maximum atomic E-state index is 5.91. The molecular weight excluding hydrogens is 392 g/mol. The van der Waals surface area contributed by atoms with Crippen LogP contribution >= 0.6 is 16.1 Å². The van der Waals surface area contributed by atoms with Crippen LogP contribution in [-0.2, 0) is 0 Å². The van der Waals surface area contributed by atoms with Crippen LogP contribution in [0.2, 0.25) is 0 Å². The van der Waals surface area contributed by atoms with Gasteiger partial charge in [-0.25, -0.2) is 9.97 Å². The van der Waals surface area contributed by atoms with Gasteiger partial charge in [-0.2, -0.15) is 4.98 Å². The van der Waals surface area contributed by atoms with Gasteiger partial charge in [-0.1, -0.05) is 24.3 Å². The lowest BCUT2D eigenvalue weighted by Crippen LogP contribution is -2.07. The number of pyridine rings is 1. The van der Waals surface area contributed by atoms with Gasteiger partial charge in [0, 0.05) is 17.1 Å². The van der Waals surface area contributed by atoms with Crippen LogP contribution in [0.3, 0.4) is 0 Å². The summed E-state index contributed by atoms with van der Waals surface area (Å²) in [4.78, 5) is 12.9. The third-order valence-electron chi connectivity index (χ3n) is 3.98. The van der Waals surface area contributed by atoms with Gasteiger partial charge in [0.25, 0.3) is 0 Å². The number of nitrogens with zero attached hydrogens (tertiary/aromatic N) is 4. The number of fused-ring (bicyclic) bond motifs is 1. The highest BCUT2D eigenvalue weighted by atomic mass is 79.9. The first kappa shape index (κ1) is 16.3. The van der Waals surface area contributed by atoms with Crippen molar-refractivity contribution in [3.63, 3.8) is 0 Å². The summed E-state index contributed by atoms with van der Waals surface area (Å²) in [5.74, 6) is 1.38. The second-order valence-electron chi connectivity index (χ2n) is 5.73. The molecule has 0 atom stereocenters. The predicted molar refractivity (Wildman–Crippen MR) is 109 cm³/mol. The highest BCUT2D eigenvalue weighted by Gasteiger charge is 2.14. The first-order chi connectivity index (χ1) is 12.6. The van der Waals surface area contributed by atoms with E-state index in [4.69, 9.17) is 11.5 Å². The fourth-order valence-electron chi connectivity index (χ4n) is 2.72. The molecule has 2 heterocycles. The second-order valence-corrected chi connectivity index (χ2v) is 6.43. The molecule has 2 aromatic carbocycles. The van der Waals surface area contributed by atoms with Gasteiger partial charge in [-0.15, -0.1) is 0 Å². The Morgan fingerprint density at radius 3 is 2.35 bits per heavy atom. The van der Waals surface area contributed by atoms with Gasteiger partial charge in [0.15, 0.2) is 5.82 Å². The monoisotopic (exact) mass is 406 g/mol. The standard InChI is InChI=1S/C19H15BrN6/c20-26(14-4-2-1-3-5-14)18-15-10-12(13-7-9-17(21)23-11-13)6-8-16(15)24-19(22)25-18/h1-11H,(H2,21,23)(H2,22,24,25). The Hall–Kier alpha value is -3.19. The Morgan fingerprint density at radius 1 is 0.846 bits per heavy atom. The number of anilines is 4. The van der Waals surface area contributed by atoms with Crippen molar-refractivity contribution in [1.29, 1.82) is 0 Å². The number of nitrogen functional groups attached to an aromatic ring is 2. The summed E-state index contributed by atoms with van der Waals surface area (Å²) in [5, 5.41) is 0.870. The molecule has 26 heavy (non-hydrogen) atoms. The van der Waals surface area contributed by atoms with E-state index in [0.29, 0.717) is 11.6 Å². The minimum Gasteiger partial charge on any atom is -0.384 e. The highest BCUT2D eigenvalue weighted by molar-refractivity contribution is 9.10. The zero-order valence-corrected chi connectivity index (χ0v) is 15.3.